The second kappa shape index (κ2) is 4.86. The standard InChI is InChI=1S/C13H18N2O3/c1-8-6-15(7-9(2)18-8)13(17)10-4-3-5-11(14)12(10)16/h3-5,8-9,16H,6-7,14H2,1-2H3/t8-,9+. The van der Waals surface area contributed by atoms with E-state index in [0.717, 1.165) is 0 Å². The van der Waals surface area contributed by atoms with Gasteiger partial charge in [0.1, 0.15) is 0 Å². The van der Waals surface area contributed by atoms with Crippen LogP contribution < -0.4 is 5.73 Å². The molecule has 0 radical (unpaired) electrons. The molecule has 0 saturated carbocycles. The Kier molecular flexibility index (Phi) is 3.43. The molecule has 0 bridgehead atoms. The molecule has 5 nitrogen and oxygen atoms in total. The third-order valence-corrected chi connectivity index (χ3v) is 3.00. The van der Waals surface area contributed by atoms with Crippen molar-refractivity contribution in [3.63, 3.8) is 0 Å². The van der Waals surface area contributed by atoms with Crippen LogP contribution in [-0.4, -0.2) is 41.2 Å². The van der Waals surface area contributed by atoms with Crippen LogP contribution in [0.25, 0.3) is 0 Å². The highest BCUT2D eigenvalue weighted by Crippen LogP contribution is 2.26. The Morgan fingerprint density at radius 2 is 2.00 bits per heavy atom. The van der Waals surface area contributed by atoms with E-state index < -0.39 is 0 Å². The molecule has 1 heterocycles. The lowest BCUT2D eigenvalue weighted by Crippen LogP contribution is -2.48. The number of rotatable bonds is 1. The smallest absolute Gasteiger partial charge is 0.257 e. The summed E-state index contributed by atoms with van der Waals surface area (Å²) < 4.78 is 5.58. The summed E-state index contributed by atoms with van der Waals surface area (Å²) in [6.45, 7) is 4.90. The molecule has 1 amide bonds. The molecular weight excluding hydrogens is 232 g/mol. The van der Waals surface area contributed by atoms with Crippen molar-refractivity contribution in [3.05, 3.63) is 23.8 Å². The maximum atomic E-state index is 12.3. The number of phenolic OH excluding ortho intramolecular Hbond substituents is 1. The predicted octanol–water partition coefficient (Wildman–Crippen LogP) is 1.22. The van der Waals surface area contributed by atoms with Gasteiger partial charge in [-0.1, -0.05) is 6.07 Å². The van der Waals surface area contributed by atoms with Crippen molar-refractivity contribution < 1.29 is 14.6 Å². The second-order valence-corrected chi connectivity index (χ2v) is 4.71. The Hall–Kier alpha value is -1.75. The first-order valence-electron chi connectivity index (χ1n) is 6.01. The lowest BCUT2D eigenvalue weighted by atomic mass is 10.1. The van der Waals surface area contributed by atoms with Gasteiger partial charge in [-0.3, -0.25) is 4.79 Å². The fourth-order valence-electron chi connectivity index (χ4n) is 2.25. The van der Waals surface area contributed by atoms with E-state index in [-0.39, 0.29) is 35.1 Å². The summed E-state index contributed by atoms with van der Waals surface area (Å²) in [6.07, 6.45) is 0.00167. The lowest BCUT2D eigenvalue weighted by molar-refractivity contribution is -0.0586. The van der Waals surface area contributed by atoms with E-state index in [9.17, 15) is 9.90 Å². The first-order valence-corrected chi connectivity index (χ1v) is 6.01. The van der Waals surface area contributed by atoms with Crippen LogP contribution in [-0.2, 0) is 4.74 Å². The maximum Gasteiger partial charge on any atom is 0.257 e. The number of hydrogen-bond donors (Lipinski definition) is 2. The van der Waals surface area contributed by atoms with Crippen LogP contribution >= 0.6 is 0 Å². The number of para-hydroxylation sites is 1. The van der Waals surface area contributed by atoms with Crippen molar-refractivity contribution in [3.8, 4) is 5.75 Å². The summed E-state index contributed by atoms with van der Waals surface area (Å²) in [5, 5.41) is 9.83. The number of anilines is 1. The van der Waals surface area contributed by atoms with Gasteiger partial charge in [-0.15, -0.1) is 0 Å². The number of hydrogen-bond acceptors (Lipinski definition) is 4. The average molecular weight is 250 g/mol. The molecule has 2 atom stereocenters. The zero-order valence-corrected chi connectivity index (χ0v) is 10.6. The molecule has 0 unspecified atom stereocenters. The number of nitrogens with zero attached hydrogens (tertiary/aromatic N) is 1. The Labute approximate surface area is 106 Å². The minimum Gasteiger partial charge on any atom is -0.505 e. The number of nitrogens with two attached hydrogens (primary N) is 1. The highest BCUT2D eigenvalue weighted by atomic mass is 16.5. The molecule has 2 rings (SSSR count). The van der Waals surface area contributed by atoms with Crippen LogP contribution in [0.2, 0.25) is 0 Å². The van der Waals surface area contributed by atoms with Gasteiger partial charge in [0, 0.05) is 13.1 Å². The Balaban J connectivity index is 2.23. The van der Waals surface area contributed by atoms with Gasteiger partial charge in [-0.2, -0.15) is 0 Å². The molecule has 0 aliphatic carbocycles. The number of amides is 1. The molecule has 1 aromatic carbocycles. The zero-order valence-electron chi connectivity index (χ0n) is 10.6. The van der Waals surface area contributed by atoms with Crippen LogP contribution in [0.1, 0.15) is 24.2 Å². The molecule has 5 heteroatoms. The van der Waals surface area contributed by atoms with Crippen LogP contribution in [0.15, 0.2) is 18.2 Å². The molecule has 1 saturated heterocycles. The largest absolute Gasteiger partial charge is 0.505 e. The van der Waals surface area contributed by atoms with Crippen molar-refractivity contribution in [2.75, 3.05) is 18.8 Å². The number of ether oxygens (including phenoxy) is 1. The van der Waals surface area contributed by atoms with E-state index in [1.165, 1.54) is 0 Å². The minimum atomic E-state index is -0.207. The molecule has 0 aromatic heterocycles. The molecule has 18 heavy (non-hydrogen) atoms. The lowest BCUT2D eigenvalue weighted by Gasteiger charge is -2.35. The monoisotopic (exact) mass is 250 g/mol. The first-order chi connectivity index (χ1) is 8.49. The number of carbonyl (C=O) groups is 1. The highest BCUT2D eigenvalue weighted by molar-refractivity contribution is 5.98. The number of phenols is 1. The van der Waals surface area contributed by atoms with Crippen LogP contribution in [0, 0.1) is 0 Å². The average Bonchev–Trinajstić information content (AvgIpc) is 2.30. The van der Waals surface area contributed by atoms with E-state index in [4.69, 9.17) is 10.5 Å². The van der Waals surface area contributed by atoms with Gasteiger partial charge >= 0.3 is 0 Å². The van der Waals surface area contributed by atoms with Crippen LogP contribution in [0.4, 0.5) is 5.69 Å². The van der Waals surface area contributed by atoms with Gasteiger partial charge in [0.25, 0.3) is 5.91 Å². The van der Waals surface area contributed by atoms with Gasteiger partial charge in [-0.25, -0.2) is 0 Å². The Bertz CT molecular complexity index is 452. The van der Waals surface area contributed by atoms with E-state index in [1.807, 2.05) is 13.8 Å². The quantitative estimate of drug-likeness (QED) is 0.580. The molecule has 0 spiro atoms. The molecule has 3 N–H and O–H groups in total. The summed E-state index contributed by atoms with van der Waals surface area (Å²) in [7, 11) is 0. The normalized spacial score (nSPS) is 24.0. The summed E-state index contributed by atoms with van der Waals surface area (Å²) in [5.74, 6) is -0.351. The topological polar surface area (TPSA) is 75.8 Å². The van der Waals surface area contributed by atoms with Crippen molar-refractivity contribution >= 4 is 11.6 Å². The SMILES string of the molecule is C[C@@H]1CN(C(=O)c2cccc(N)c2O)C[C@H](C)O1. The van der Waals surface area contributed by atoms with E-state index in [1.54, 1.807) is 23.1 Å². The molecule has 1 aliphatic heterocycles. The Morgan fingerprint density at radius 3 is 2.61 bits per heavy atom. The number of carbonyl (C=O) groups excluding carboxylic acids is 1. The molecule has 1 aliphatic rings. The van der Waals surface area contributed by atoms with Gasteiger partial charge in [-0.05, 0) is 26.0 Å². The van der Waals surface area contributed by atoms with E-state index in [0.29, 0.717) is 13.1 Å². The molecule has 1 aromatic rings. The second-order valence-electron chi connectivity index (χ2n) is 4.71. The number of morpholine rings is 1. The summed E-state index contributed by atoms with van der Waals surface area (Å²) >= 11 is 0. The minimum absolute atomic E-state index is 0.000835. The first kappa shape index (κ1) is 12.7. The number of benzene rings is 1. The van der Waals surface area contributed by atoms with Crippen molar-refractivity contribution in [2.24, 2.45) is 0 Å². The maximum absolute atomic E-state index is 12.3. The summed E-state index contributed by atoms with van der Waals surface area (Å²) in [5.41, 5.74) is 6.06. The van der Waals surface area contributed by atoms with Gasteiger partial charge < -0.3 is 20.5 Å². The fraction of sp³-hybridized carbons (Fsp3) is 0.462. The third-order valence-electron chi connectivity index (χ3n) is 3.00. The van der Waals surface area contributed by atoms with Gasteiger partial charge in [0.2, 0.25) is 0 Å². The zero-order chi connectivity index (χ0) is 13.3. The highest BCUT2D eigenvalue weighted by Gasteiger charge is 2.28. The van der Waals surface area contributed by atoms with Crippen LogP contribution in [0.3, 0.4) is 0 Å². The van der Waals surface area contributed by atoms with Gasteiger partial charge in [0.15, 0.2) is 5.75 Å². The predicted molar refractivity (Wildman–Crippen MR) is 68.4 cm³/mol. The van der Waals surface area contributed by atoms with Crippen LogP contribution in [0.5, 0.6) is 5.75 Å². The third kappa shape index (κ3) is 2.41. The van der Waals surface area contributed by atoms with Gasteiger partial charge in [0.05, 0.1) is 23.5 Å². The molecule has 1 fully saturated rings. The Morgan fingerprint density at radius 1 is 1.39 bits per heavy atom. The van der Waals surface area contributed by atoms with Crippen molar-refractivity contribution in [1.82, 2.24) is 4.90 Å². The van der Waals surface area contributed by atoms with Crippen molar-refractivity contribution in [1.29, 1.82) is 0 Å². The summed E-state index contributed by atoms with van der Waals surface area (Å²) in [4.78, 5) is 14.0. The summed E-state index contributed by atoms with van der Waals surface area (Å²) in [6, 6.07) is 4.81. The molecular formula is C13H18N2O3. The van der Waals surface area contributed by atoms with E-state index in [2.05, 4.69) is 0 Å². The van der Waals surface area contributed by atoms with Crippen molar-refractivity contribution in [2.45, 2.75) is 26.1 Å². The fourth-order valence-corrected chi connectivity index (χ4v) is 2.25. The number of aromatic hydroxyl groups is 1. The van der Waals surface area contributed by atoms with E-state index >= 15 is 0 Å². The molecule has 98 valence electrons. The number of nitrogen functional groups attached to an aromatic ring is 1.